The molecule has 0 saturated carbocycles. The summed E-state index contributed by atoms with van der Waals surface area (Å²) in [6.07, 6.45) is 0. The van der Waals surface area contributed by atoms with Crippen LogP contribution in [0.1, 0.15) is 25.0 Å². The number of benzene rings is 9. The van der Waals surface area contributed by atoms with Crippen LogP contribution in [0.25, 0.3) is 77.2 Å². The molecule has 0 atom stereocenters. The minimum atomic E-state index is -2.57. The smallest absolute Gasteiger partial charge is 0.0623 e. The highest BCUT2D eigenvalue weighted by atomic mass is 28.3. The second kappa shape index (κ2) is 10.7. The zero-order valence-corrected chi connectivity index (χ0v) is 31.3. The van der Waals surface area contributed by atoms with E-state index in [1.54, 1.807) is 0 Å². The summed E-state index contributed by atoms with van der Waals surface area (Å²) >= 11 is 0. The molecule has 1 aliphatic carbocycles. The summed E-state index contributed by atoms with van der Waals surface area (Å²) in [5, 5.41) is 11.3. The Kier molecular flexibility index (Phi) is 5.96. The van der Waals surface area contributed by atoms with Crippen molar-refractivity contribution in [3.05, 3.63) is 193 Å². The molecule has 0 unspecified atom stereocenters. The van der Waals surface area contributed by atoms with E-state index in [2.05, 4.69) is 196 Å². The van der Waals surface area contributed by atoms with Crippen molar-refractivity contribution in [2.24, 2.45) is 0 Å². The van der Waals surface area contributed by atoms with Gasteiger partial charge in [0.25, 0.3) is 0 Å². The van der Waals surface area contributed by atoms with Crippen LogP contribution in [0.5, 0.6) is 0 Å². The minimum Gasteiger partial charge on any atom is -0.0623 e. The Balaban J connectivity index is 1.17. The molecule has 9 aromatic carbocycles. The molecule has 54 heavy (non-hydrogen) atoms. The highest BCUT2D eigenvalue weighted by molar-refractivity contribution is 7.24. The van der Waals surface area contributed by atoms with Gasteiger partial charge in [0.05, 0.1) is 0 Å². The molecule has 0 N–H and O–H groups in total. The van der Waals surface area contributed by atoms with Crippen molar-refractivity contribution in [3.8, 4) is 55.6 Å². The van der Waals surface area contributed by atoms with Crippen molar-refractivity contribution in [3.63, 3.8) is 0 Å². The molecule has 0 aromatic heterocycles. The molecule has 0 fully saturated rings. The predicted molar refractivity (Wildman–Crippen MR) is 231 cm³/mol. The van der Waals surface area contributed by atoms with Crippen molar-refractivity contribution in [1.29, 1.82) is 0 Å². The zero-order chi connectivity index (χ0) is 35.8. The van der Waals surface area contributed by atoms with Crippen LogP contribution in [0.15, 0.2) is 182 Å². The van der Waals surface area contributed by atoms with E-state index in [-0.39, 0.29) is 5.41 Å². The molecule has 2 heterocycles. The Hall–Kier alpha value is -6.28. The number of hydrogen-bond donors (Lipinski definition) is 0. The minimum absolute atomic E-state index is 0.120. The third-order valence-electron chi connectivity index (χ3n) is 13.1. The molecule has 2 aliphatic heterocycles. The van der Waals surface area contributed by atoms with Crippen LogP contribution in [0.3, 0.4) is 0 Å². The van der Waals surface area contributed by atoms with Gasteiger partial charge >= 0.3 is 0 Å². The summed E-state index contributed by atoms with van der Waals surface area (Å²) in [7, 11) is -2.57. The van der Waals surface area contributed by atoms with Crippen LogP contribution in [-0.4, -0.2) is 8.07 Å². The van der Waals surface area contributed by atoms with Gasteiger partial charge in [0.15, 0.2) is 8.07 Å². The lowest BCUT2D eigenvalue weighted by atomic mass is 9.77. The fourth-order valence-corrected chi connectivity index (χ4v) is 16.7. The van der Waals surface area contributed by atoms with E-state index in [0.717, 1.165) is 0 Å². The fourth-order valence-electron chi connectivity index (χ4n) is 11.0. The van der Waals surface area contributed by atoms with Gasteiger partial charge in [-0.25, -0.2) is 0 Å². The first kappa shape index (κ1) is 30.2. The molecular weight excluding hydrogens is 665 g/mol. The van der Waals surface area contributed by atoms with E-state index in [1.807, 2.05) is 0 Å². The van der Waals surface area contributed by atoms with Crippen molar-refractivity contribution in [1.82, 2.24) is 0 Å². The van der Waals surface area contributed by atoms with E-state index in [9.17, 15) is 0 Å². The van der Waals surface area contributed by atoms with Crippen LogP contribution in [0, 0.1) is 0 Å². The summed E-state index contributed by atoms with van der Waals surface area (Å²) in [4.78, 5) is 0. The fraction of sp³-hybridized carbons (Fsp3) is 0.0566. The molecule has 252 valence electrons. The summed E-state index contributed by atoms with van der Waals surface area (Å²) in [6.45, 7) is 4.81. The number of fused-ring (bicyclic) bond motifs is 15. The van der Waals surface area contributed by atoms with Gasteiger partial charge in [0, 0.05) is 5.41 Å². The molecule has 3 aliphatic rings. The Morgan fingerprint density at radius 1 is 0.333 bits per heavy atom. The van der Waals surface area contributed by atoms with Gasteiger partial charge in [0.1, 0.15) is 0 Å². The molecule has 0 saturated heterocycles. The normalized spacial score (nSPS) is 14.8. The first-order chi connectivity index (χ1) is 26.6. The lowest BCUT2D eigenvalue weighted by Gasteiger charge is -2.28. The third kappa shape index (κ3) is 3.63. The molecule has 1 heteroatoms. The Bertz CT molecular complexity index is 2970. The summed E-state index contributed by atoms with van der Waals surface area (Å²) in [5.41, 5.74) is 16.3. The van der Waals surface area contributed by atoms with Gasteiger partial charge in [-0.1, -0.05) is 196 Å². The predicted octanol–water partition coefficient (Wildman–Crippen LogP) is 11.0. The molecule has 9 aromatic rings. The summed E-state index contributed by atoms with van der Waals surface area (Å²) < 4.78 is 0. The molecule has 0 bridgehead atoms. The maximum absolute atomic E-state index is 2.61. The van der Waals surface area contributed by atoms with E-state index in [1.165, 1.54) is 109 Å². The van der Waals surface area contributed by atoms with Crippen LogP contribution in [0.2, 0.25) is 0 Å². The van der Waals surface area contributed by atoms with Crippen LogP contribution < -0.4 is 20.7 Å². The van der Waals surface area contributed by atoms with Crippen molar-refractivity contribution in [2.45, 2.75) is 19.3 Å². The SMILES string of the molecule is CC1(C)c2ccccc2-c2cccc(-c3c4ccccc4c(-c4ccc5c(c4)[Si]4(c6ccccc6-c6ccccc64)c4ccccc4-5)c4ccccc34)c21. The molecule has 0 radical (unpaired) electrons. The highest BCUT2D eigenvalue weighted by Gasteiger charge is 2.53. The first-order valence-electron chi connectivity index (χ1n) is 19.2. The average Bonchev–Trinajstić information content (AvgIpc) is 3.78. The summed E-state index contributed by atoms with van der Waals surface area (Å²) in [5.74, 6) is 0. The lowest BCUT2D eigenvalue weighted by molar-refractivity contribution is 0.662. The Morgan fingerprint density at radius 3 is 1.33 bits per heavy atom. The van der Waals surface area contributed by atoms with Crippen LogP contribution in [-0.2, 0) is 5.41 Å². The molecular formula is C53H36Si. The van der Waals surface area contributed by atoms with Crippen molar-refractivity contribution < 1.29 is 0 Å². The maximum atomic E-state index is 2.61. The van der Waals surface area contributed by atoms with Crippen molar-refractivity contribution >= 4 is 50.4 Å². The van der Waals surface area contributed by atoms with Crippen molar-refractivity contribution in [2.75, 3.05) is 0 Å². The van der Waals surface area contributed by atoms with E-state index in [0.29, 0.717) is 0 Å². The topological polar surface area (TPSA) is 0 Å². The standard InChI is InChI=1S/C53H36Si/c1-53(2)45-26-11-7-16-34(45)43-24-15-25-44(52(43)53)51-41-22-5-3-20-39(41)50(40-21-4-6-23-42(40)51)33-30-31-38-37-19-10-14-29-48(37)54(49(38)32-33)46-27-12-8-17-35(46)36-18-9-13-28-47(36)54/h3-32H,1-2H3. The van der Waals surface area contributed by atoms with Gasteiger partial charge < -0.3 is 0 Å². The molecule has 1 spiro atoms. The average molecular weight is 701 g/mol. The van der Waals surface area contributed by atoms with Gasteiger partial charge in [-0.15, -0.1) is 0 Å². The van der Waals surface area contributed by atoms with Gasteiger partial charge in [-0.3, -0.25) is 0 Å². The van der Waals surface area contributed by atoms with Gasteiger partial charge in [-0.05, 0) is 109 Å². The Labute approximate surface area is 317 Å². The lowest BCUT2D eigenvalue weighted by Crippen LogP contribution is -2.70. The first-order valence-corrected chi connectivity index (χ1v) is 21.2. The zero-order valence-electron chi connectivity index (χ0n) is 30.3. The van der Waals surface area contributed by atoms with Gasteiger partial charge in [0.2, 0.25) is 0 Å². The molecule has 0 amide bonds. The van der Waals surface area contributed by atoms with E-state index < -0.39 is 8.07 Å². The quantitative estimate of drug-likeness (QED) is 0.124. The summed E-state index contributed by atoms with van der Waals surface area (Å²) in [6, 6.07) is 69.5. The van der Waals surface area contributed by atoms with Crippen LogP contribution >= 0.6 is 0 Å². The second-order valence-electron chi connectivity index (χ2n) is 15.9. The number of hydrogen-bond acceptors (Lipinski definition) is 0. The van der Waals surface area contributed by atoms with E-state index in [4.69, 9.17) is 0 Å². The highest BCUT2D eigenvalue weighted by Crippen LogP contribution is 2.54. The van der Waals surface area contributed by atoms with Crippen LogP contribution in [0.4, 0.5) is 0 Å². The largest absolute Gasteiger partial charge is 0.182 e. The third-order valence-corrected chi connectivity index (χ3v) is 18.0. The monoisotopic (exact) mass is 700 g/mol. The van der Waals surface area contributed by atoms with E-state index >= 15 is 0 Å². The van der Waals surface area contributed by atoms with Gasteiger partial charge in [-0.2, -0.15) is 0 Å². The molecule has 12 rings (SSSR count). The number of rotatable bonds is 2. The molecule has 0 nitrogen and oxygen atoms in total. The maximum Gasteiger partial charge on any atom is 0.182 e. The Morgan fingerprint density at radius 2 is 0.759 bits per heavy atom. The second-order valence-corrected chi connectivity index (χ2v) is 19.5.